The molecular formula is C35H43N5O4. The van der Waals surface area contributed by atoms with E-state index in [1.54, 1.807) is 18.3 Å². The lowest BCUT2D eigenvalue weighted by atomic mass is 9.88. The fourth-order valence-corrected chi connectivity index (χ4v) is 5.33. The summed E-state index contributed by atoms with van der Waals surface area (Å²) in [4.78, 5) is 47.3. The number of carbonyl (C=O) groups is 2. The number of urea groups is 1. The van der Waals surface area contributed by atoms with Gasteiger partial charge in [0.05, 0.1) is 0 Å². The number of aromatic amines is 1. The van der Waals surface area contributed by atoms with Crippen LogP contribution in [0.15, 0.2) is 65.6 Å². The Bertz CT molecular complexity index is 1650. The van der Waals surface area contributed by atoms with Gasteiger partial charge in [-0.25, -0.2) is 9.78 Å². The molecule has 0 fully saturated rings. The van der Waals surface area contributed by atoms with Gasteiger partial charge in [0.25, 0.3) is 5.56 Å². The highest BCUT2D eigenvalue weighted by molar-refractivity contribution is 6.03. The summed E-state index contributed by atoms with van der Waals surface area (Å²) < 4.78 is 0. The molecule has 44 heavy (non-hydrogen) atoms. The molecule has 9 nitrogen and oxygen atoms in total. The van der Waals surface area contributed by atoms with E-state index in [0.717, 1.165) is 39.9 Å². The van der Waals surface area contributed by atoms with Crippen LogP contribution in [-0.2, 0) is 11.2 Å². The monoisotopic (exact) mass is 597 g/mol. The zero-order chi connectivity index (χ0) is 31.8. The van der Waals surface area contributed by atoms with Gasteiger partial charge >= 0.3 is 6.03 Å². The van der Waals surface area contributed by atoms with E-state index in [2.05, 4.69) is 78.6 Å². The smallest absolute Gasteiger partial charge is 0.326 e. The number of pyridine rings is 2. The molecule has 0 unspecified atom stereocenters. The van der Waals surface area contributed by atoms with Gasteiger partial charge in [0, 0.05) is 43.9 Å². The number of aryl methyl sites for hydroxylation is 1. The minimum Gasteiger partial charge on any atom is -0.396 e. The van der Waals surface area contributed by atoms with E-state index in [1.807, 2.05) is 12.1 Å². The Morgan fingerprint density at radius 1 is 0.955 bits per heavy atom. The lowest BCUT2D eigenvalue weighted by Gasteiger charge is -2.27. The van der Waals surface area contributed by atoms with E-state index in [0.29, 0.717) is 30.4 Å². The van der Waals surface area contributed by atoms with E-state index >= 15 is 0 Å². The Morgan fingerprint density at radius 2 is 1.68 bits per heavy atom. The molecule has 3 amide bonds. The summed E-state index contributed by atoms with van der Waals surface area (Å²) in [7, 11) is 0. The number of carbonyl (C=O) groups excluding carboxylic acids is 2. The number of aliphatic hydroxyl groups excluding tert-OH is 1. The number of hydrogen-bond donors (Lipinski definition) is 4. The largest absolute Gasteiger partial charge is 0.396 e. The first-order valence-corrected chi connectivity index (χ1v) is 15.3. The third kappa shape index (κ3) is 7.90. The van der Waals surface area contributed by atoms with E-state index < -0.39 is 11.6 Å². The van der Waals surface area contributed by atoms with Crippen LogP contribution >= 0.6 is 0 Å². The van der Waals surface area contributed by atoms with E-state index in [-0.39, 0.29) is 36.6 Å². The van der Waals surface area contributed by atoms with E-state index in [4.69, 9.17) is 0 Å². The normalized spacial score (nSPS) is 11.3. The number of aliphatic hydroxyl groups is 1. The third-order valence-electron chi connectivity index (χ3n) is 7.62. The number of aromatic nitrogens is 2. The number of H-pyrrole nitrogens is 1. The van der Waals surface area contributed by atoms with E-state index in [9.17, 15) is 19.5 Å². The predicted molar refractivity (Wildman–Crippen MR) is 177 cm³/mol. The number of nitrogens with zero attached hydrogens (tertiary/aromatic N) is 2. The molecular weight excluding hydrogens is 554 g/mol. The first-order valence-electron chi connectivity index (χ1n) is 15.3. The summed E-state index contributed by atoms with van der Waals surface area (Å²) in [6.45, 7) is 10.6. The van der Waals surface area contributed by atoms with Crippen LogP contribution in [0.1, 0.15) is 76.0 Å². The van der Waals surface area contributed by atoms with Gasteiger partial charge in [-0.05, 0) is 89.2 Å². The number of benzene rings is 2. The summed E-state index contributed by atoms with van der Waals surface area (Å²) in [5, 5.41) is 15.9. The van der Waals surface area contributed by atoms with Crippen molar-refractivity contribution in [3.05, 3.63) is 87.8 Å². The molecule has 4 aromatic rings. The highest BCUT2D eigenvalue weighted by Gasteiger charge is 2.24. The summed E-state index contributed by atoms with van der Waals surface area (Å²) >= 11 is 0. The standard InChI is InChI=1S/C35H43N5O4/c1-22(2)29-19-28(26-12-6-10-25(18-26)11-8-17-41)20-30(23(3)4)32(29)38-35(44)40(16-9-15-36-24(5)42)31-21-27-13-7-14-37-33(27)39-34(31)43/h6-7,10,12-14,18-23,41H,8-9,11,15-17H2,1-5H3,(H,36,42)(H,38,44)(H,37,39,43). The van der Waals surface area contributed by atoms with Crippen LogP contribution < -0.4 is 21.1 Å². The predicted octanol–water partition coefficient (Wildman–Crippen LogP) is 6.33. The van der Waals surface area contributed by atoms with Crippen molar-refractivity contribution in [3.8, 4) is 11.1 Å². The average molecular weight is 598 g/mol. The maximum atomic E-state index is 14.1. The topological polar surface area (TPSA) is 127 Å². The molecule has 0 saturated heterocycles. The first-order chi connectivity index (χ1) is 21.1. The van der Waals surface area contributed by atoms with Gasteiger partial charge < -0.3 is 20.7 Å². The van der Waals surface area contributed by atoms with Crippen molar-refractivity contribution in [2.24, 2.45) is 0 Å². The highest BCUT2D eigenvalue weighted by Crippen LogP contribution is 2.38. The first kappa shape index (κ1) is 32.4. The van der Waals surface area contributed by atoms with Gasteiger partial charge in [-0.2, -0.15) is 0 Å². The third-order valence-corrected chi connectivity index (χ3v) is 7.62. The molecule has 0 atom stereocenters. The molecule has 2 heterocycles. The van der Waals surface area contributed by atoms with Crippen LogP contribution in [0.5, 0.6) is 0 Å². The van der Waals surface area contributed by atoms with Crippen LogP contribution in [0, 0.1) is 0 Å². The zero-order valence-electron chi connectivity index (χ0n) is 26.2. The number of anilines is 2. The Hall–Kier alpha value is -4.50. The second-order valence-electron chi connectivity index (χ2n) is 11.7. The van der Waals surface area contributed by atoms with Gasteiger partial charge in [-0.15, -0.1) is 0 Å². The number of fused-ring (bicyclic) bond motifs is 1. The lowest BCUT2D eigenvalue weighted by molar-refractivity contribution is -0.118. The van der Waals surface area contributed by atoms with Crippen molar-refractivity contribution < 1.29 is 14.7 Å². The molecule has 0 bridgehead atoms. The zero-order valence-corrected chi connectivity index (χ0v) is 26.2. The summed E-state index contributed by atoms with van der Waals surface area (Å²) in [5.74, 6) is 0.0465. The second-order valence-corrected chi connectivity index (χ2v) is 11.7. The average Bonchev–Trinajstić information content (AvgIpc) is 2.99. The van der Waals surface area contributed by atoms with Crippen LogP contribution in [0.4, 0.5) is 16.2 Å². The second kappa shape index (κ2) is 14.8. The van der Waals surface area contributed by atoms with Crippen molar-refractivity contribution >= 4 is 34.3 Å². The molecule has 9 heteroatoms. The lowest BCUT2D eigenvalue weighted by Crippen LogP contribution is -2.40. The number of amides is 3. The summed E-state index contributed by atoms with van der Waals surface area (Å²) in [5.41, 5.74) is 6.27. The van der Waals surface area contributed by atoms with Crippen LogP contribution in [-0.4, -0.2) is 46.7 Å². The molecule has 0 saturated carbocycles. The Kier molecular flexibility index (Phi) is 10.9. The minimum atomic E-state index is -0.427. The van der Waals surface area contributed by atoms with E-state index in [1.165, 1.54) is 11.8 Å². The van der Waals surface area contributed by atoms with Crippen molar-refractivity contribution in [1.82, 2.24) is 15.3 Å². The molecule has 0 radical (unpaired) electrons. The van der Waals surface area contributed by atoms with Crippen molar-refractivity contribution in [2.45, 2.75) is 65.7 Å². The molecule has 0 spiro atoms. The summed E-state index contributed by atoms with van der Waals surface area (Å²) in [6, 6.07) is 17.5. The molecule has 4 N–H and O–H groups in total. The molecule has 2 aromatic carbocycles. The molecule has 232 valence electrons. The van der Waals surface area contributed by atoms with Gasteiger partial charge in [0.1, 0.15) is 11.3 Å². The summed E-state index contributed by atoms with van der Waals surface area (Å²) in [6.07, 6.45) is 3.57. The van der Waals surface area contributed by atoms with Crippen LogP contribution in [0.25, 0.3) is 22.2 Å². The molecule has 0 aliphatic carbocycles. The maximum absolute atomic E-state index is 14.1. The molecule has 2 aromatic heterocycles. The number of hydrogen-bond acceptors (Lipinski definition) is 5. The van der Waals surface area contributed by atoms with Gasteiger partial charge in [0.2, 0.25) is 5.91 Å². The van der Waals surface area contributed by atoms with Gasteiger partial charge in [0.15, 0.2) is 0 Å². The molecule has 0 aliphatic heterocycles. The van der Waals surface area contributed by atoms with Crippen LogP contribution in [0.2, 0.25) is 0 Å². The Labute approximate surface area is 258 Å². The fourth-order valence-electron chi connectivity index (χ4n) is 5.33. The maximum Gasteiger partial charge on any atom is 0.326 e. The Morgan fingerprint density at radius 3 is 2.34 bits per heavy atom. The molecule has 0 aliphatic rings. The van der Waals surface area contributed by atoms with Gasteiger partial charge in [-0.3, -0.25) is 14.5 Å². The van der Waals surface area contributed by atoms with Gasteiger partial charge in [-0.1, -0.05) is 52.0 Å². The highest BCUT2D eigenvalue weighted by atomic mass is 16.3. The SMILES string of the molecule is CC(=O)NCCCN(C(=O)Nc1c(C(C)C)cc(-c2cccc(CCCO)c2)cc1C(C)C)c1cc2cccnc2[nH]c1=O. The molecule has 4 rings (SSSR count). The van der Waals surface area contributed by atoms with Crippen LogP contribution in [0.3, 0.4) is 0 Å². The Balaban J connectivity index is 1.75. The minimum absolute atomic E-state index is 0.101. The number of nitrogens with one attached hydrogen (secondary N) is 3. The van der Waals surface area contributed by atoms with Crippen molar-refractivity contribution in [2.75, 3.05) is 29.9 Å². The fraction of sp³-hybridized carbons (Fsp3) is 0.371. The quantitative estimate of drug-likeness (QED) is 0.142. The number of rotatable bonds is 12. The van der Waals surface area contributed by atoms with Crippen molar-refractivity contribution in [1.29, 1.82) is 0 Å². The van der Waals surface area contributed by atoms with Crippen molar-refractivity contribution in [3.63, 3.8) is 0 Å².